The van der Waals surface area contributed by atoms with E-state index in [0.717, 1.165) is 5.69 Å². The van der Waals surface area contributed by atoms with Crippen LogP contribution in [0.2, 0.25) is 0 Å². The SMILES string of the molecule is O=[SH+](O)c1ccc(-n2cncn2)cc1. The summed E-state index contributed by atoms with van der Waals surface area (Å²) in [6.45, 7) is 0. The number of aromatic nitrogens is 3. The molecule has 0 saturated heterocycles. The Hall–Kier alpha value is -1.53. The van der Waals surface area contributed by atoms with Crippen molar-refractivity contribution >= 4 is 11.1 Å². The quantitative estimate of drug-likeness (QED) is 0.588. The third-order valence-electron chi connectivity index (χ3n) is 1.75. The first-order chi connectivity index (χ1) is 6.77. The topological polar surface area (TPSA) is 68.0 Å². The molecule has 14 heavy (non-hydrogen) atoms. The molecule has 72 valence electrons. The Balaban J connectivity index is 2.36. The maximum Gasteiger partial charge on any atom is 0.235 e. The Morgan fingerprint density at radius 1 is 1.29 bits per heavy atom. The third kappa shape index (κ3) is 1.70. The van der Waals surface area contributed by atoms with Crippen molar-refractivity contribution < 1.29 is 8.76 Å². The lowest BCUT2D eigenvalue weighted by Crippen LogP contribution is -1.94. The van der Waals surface area contributed by atoms with Crippen molar-refractivity contribution in [3.05, 3.63) is 36.9 Å². The molecule has 5 nitrogen and oxygen atoms in total. The van der Waals surface area contributed by atoms with Crippen LogP contribution in [0.3, 0.4) is 0 Å². The molecule has 1 atom stereocenters. The van der Waals surface area contributed by atoms with Crippen LogP contribution in [0, 0.1) is 0 Å². The summed E-state index contributed by atoms with van der Waals surface area (Å²) >= 11 is -2.26. The second-order valence-electron chi connectivity index (χ2n) is 2.63. The van der Waals surface area contributed by atoms with E-state index in [9.17, 15) is 4.21 Å². The first-order valence-corrected chi connectivity index (χ1v) is 5.10. The zero-order valence-corrected chi connectivity index (χ0v) is 8.00. The fourth-order valence-corrected chi connectivity index (χ4v) is 1.48. The summed E-state index contributed by atoms with van der Waals surface area (Å²) in [4.78, 5) is 4.21. The number of thiol groups is 1. The molecule has 1 unspecified atom stereocenters. The first-order valence-electron chi connectivity index (χ1n) is 3.88. The van der Waals surface area contributed by atoms with Crippen molar-refractivity contribution in [3.63, 3.8) is 0 Å². The molecule has 1 aromatic carbocycles. The zero-order chi connectivity index (χ0) is 9.97. The minimum Gasteiger partial charge on any atom is -0.223 e. The Morgan fingerprint density at radius 2 is 2.00 bits per heavy atom. The molecule has 2 rings (SSSR count). The standard InChI is InChI=1S/C8H7N3O2S/c12-14(13)8-3-1-7(2-4-8)11-6-9-5-10-11/h1-6H,(H,12,13)/p+1. The number of rotatable bonds is 2. The highest BCUT2D eigenvalue weighted by molar-refractivity contribution is 7.79. The van der Waals surface area contributed by atoms with Gasteiger partial charge in [0.25, 0.3) is 0 Å². The monoisotopic (exact) mass is 210 g/mol. The van der Waals surface area contributed by atoms with Gasteiger partial charge in [0.15, 0.2) is 4.90 Å². The number of nitrogens with zero attached hydrogens (tertiary/aromatic N) is 3. The lowest BCUT2D eigenvalue weighted by atomic mass is 10.3. The number of benzene rings is 1. The summed E-state index contributed by atoms with van der Waals surface area (Å²) in [5.74, 6) is 0. The van der Waals surface area contributed by atoms with E-state index in [1.807, 2.05) is 0 Å². The minimum absolute atomic E-state index is 0.406. The van der Waals surface area contributed by atoms with E-state index < -0.39 is 11.1 Å². The second-order valence-corrected chi connectivity index (χ2v) is 3.69. The van der Waals surface area contributed by atoms with Crippen LogP contribution >= 0.6 is 0 Å². The molecule has 0 aliphatic carbocycles. The van der Waals surface area contributed by atoms with Crippen LogP contribution in [0.25, 0.3) is 5.69 Å². The van der Waals surface area contributed by atoms with E-state index in [0.29, 0.717) is 4.90 Å². The predicted molar refractivity (Wildman–Crippen MR) is 51.7 cm³/mol. The lowest BCUT2D eigenvalue weighted by Gasteiger charge is -1.98. The fourth-order valence-electron chi connectivity index (χ4n) is 1.07. The highest BCUT2D eigenvalue weighted by Gasteiger charge is 2.05. The highest BCUT2D eigenvalue weighted by Crippen LogP contribution is 2.10. The lowest BCUT2D eigenvalue weighted by molar-refractivity contribution is 0.519. The van der Waals surface area contributed by atoms with E-state index in [2.05, 4.69) is 10.1 Å². The van der Waals surface area contributed by atoms with Crippen molar-refractivity contribution in [2.45, 2.75) is 4.90 Å². The van der Waals surface area contributed by atoms with Crippen LogP contribution in [0.15, 0.2) is 41.8 Å². The maximum atomic E-state index is 10.7. The van der Waals surface area contributed by atoms with Crippen molar-refractivity contribution in [1.82, 2.24) is 14.8 Å². The Morgan fingerprint density at radius 3 is 2.50 bits per heavy atom. The van der Waals surface area contributed by atoms with Gasteiger partial charge in [-0.3, -0.25) is 0 Å². The average Bonchev–Trinajstić information content (AvgIpc) is 2.71. The maximum absolute atomic E-state index is 10.7. The summed E-state index contributed by atoms with van der Waals surface area (Å²) in [5, 5.41) is 3.93. The second kappa shape index (κ2) is 3.69. The molecule has 0 radical (unpaired) electrons. The molecule has 0 saturated carbocycles. The summed E-state index contributed by atoms with van der Waals surface area (Å²) < 4.78 is 21.1. The van der Waals surface area contributed by atoms with Gasteiger partial charge in [0.05, 0.1) is 5.69 Å². The molecule has 2 aromatic rings. The number of hydrogen-bond acceptors (Lipinski definition) is 3. The third-order valence-corrected chi connectivity index (χ3v) is 2.49. The molecule has 1 heterocycles. The molecule has 0 aliphatic heterocycles. The van der Waals surface area contributed by atoms with Crippen molar-refractivity contribution in [2.75, 3.05) is 0 Å². The van der Waals surface area contributed by atoms with Crippen LogP contribution < -0.4 is 0 Å². The van der Waals surface area contributed by atoms with E-state index in [4.69, 9.17) is 4.55 Å². The molecular weight excluding hydrogens is 202 g/mol. The van der Waals surface area contributed by atoms with E-state index >= 15 is 0 Å². The van der Waals surface area contributed by atoms with Gasteiger partial charge in [0.1, 0.15) is 12.7 Å². The Kier molecular flexibility index (Phi) is 2.38. The van der Waals surface area contributed by atoms with Gasteiger partial charge in [-0.15, -0.1) is 0 Å². The highest BCUT2D eigenvalue weighted by atomic mass is 32.2. The fraction of sp³-hybridized carbons (Fsp3) is 0. The van der Waals surface area contributed by atoms with Gasteiger partial charge in [-0.2, -0.15) is 9.65 Å². The minimum atomic E-state index is -2.26. The van der Waals surface area contributed by atoms with Gasteiger partial charge in [-0.1, -0.05) is 4.21 Å². The molecule has 0 amide bonds. The Labute approximate surface area is 82.7 Å². The molecular formula is C8H8N3O2S+. The van der Waals surface area contributed by atoms with Crippen LogP contribution in [0.1, 0.15) is 0 Å². The van der Waals surface area contributed by atoms with Gasteiger partial charge in [-0.05, 0) is 24.3 Å². The first kappa shape index (κ1) is 9.04. The molecule has 0 fully saturated rings. The average molecular weight is 210 g/mol. The molecule has 1 aromatic heterocycles. The summed E-state index contributed by atoms with van der Waals surface area (Å²) in [6.07, 6.45) is 2.99. The molecule has 0 aliphatic rings. The van der Waals surface area contributed by atoms with Gasteiger partial charge in [-0.25, -0.2) is 9.67 Å². The number of hydrogen-bond donors (Lipinski definition) is 1. The largest absolute Gasteiger partial charge is 0.235 e. The van der Waals surface area contributed by atoms with Crippen LogP contribution in [-0.2, 0) is 15.3 Å². The van der Waals surface area contributed by atoms with Crippen molar-refractivity contribution in [2.24, 2.45) is 0 Å². The van der Waals surface area contributed by atoms with Crippen molar-refractivity contribution in [3.8, 4) is 5.69 Å². The zero-order valence-electron chi connectivity index (χ0n) is 7.11. The molecule has 1 N–H and O–H groups in total. The van der Waals surface area contributed by atoms with Crippen molar-refractivity contribution in [1.29, 1.82) is 0 Å². The van der Waals surface area contributed by atoms with Gasteiger partial charge >= 0.3 is 0 Å². The van der Waals surface area contributed by atoms with E-state index in [1.165, 1.54) is 6.33 Å². The van der Waals surface area contributed by atoms with E-state index in [1.54, 1.807) is 35.3 Å². The van der Waals surface area contributed by atoms with Crippen LogP contribution in [0.4, 0.5) is 0 Å². The summed E-state index contributed by atoms with van der Waals surface area (Å²) in [5.41, 5.74) is 0.808. The summed E-state index contributed by atoms with van der Waals surface area (Å²) in [6, 6.07) is 6.62. The van der Waals surface area contributed by atoms with Crippen LogP contribution in [-0.4, -0.2) is 19.3 Å². The van der Waals surface area contributed by atoms with Gasteiger partial charge in [0.2, 0.25) is 11.1 Å². The predicted octanol–water partition coefficient (Wildman–Crippen LogP) is 0.795. The van der Waals surface area contributed by atoms with Gasteiger partial charge < -0.3 is 0 Å². The molecule has 0 bridgehead atoms. The molecule has 6 heteroatoms. The van der Waals surface area contributed by atoms with Gasteiger partial charge in [0, 0.05) is 0 Å². The molecule has 0 spiro atoms. The normalized spacial score (nSPS) is 12.6. The summed E-state index contributed by atoms with van der Waals surface area (Å²) in [7, 11) is 0. The van der Waals surface area contributed by atoms with E-state index in [-0.39, 0.29) is 0 Å². The van der Waals surface area contributed by atoms with Crippen LogP contribution in [0.5, 0.6) is 0 Å². The smallest absolute Gasteiger partial charge is 0.223 e. The Bertz CT molecular complexity index is 438.